The van der Waals surface area contributed by atoms with E-state index in [2.05, 4.69) is 48.2 Å². The minimum absolute atomic E-state index is 0.0947. The van der Waals surface area contributed by atoms with Crippen LogP contribution in [-0.2, 0) is 9.53 Å². The van der Waals surface area contributed by atoms with Crippen molar-refractivity contribution in [3.63, 3.8) is 0 Å². The summed E-state index contributed by atoms with van der Waals surface area (Å²) in [5, 5.41) is 20.1. The molecular formula is C29H45IO4. The maximum absolute atomic E-state index is 12.0. The lowest BCUT2D eigenvalue weighted by Crippen LogP contribution is -2.43. The van der Waals surface area contributed by atoms with Crippen LogP contribution in [-0.4, -0.2) is 45.3 Å². The Morgan fingerprint density at radius 3 is 2.76 bits per heavy atom. The lowest BCUT2D eigenvalue weighted by Gasteiger charge is -2.46. The number of ether oxygens (including phenoxy) is 1. The van der Waals surface area contributed by atoms with Gasteiger partial charge in [-0.1, -0.05) is 53.8 Å². The highest BCUT2D eigenvalue weighted by Gasteiger charge is 2.53. The van der Waals surface area contributed by atoms with E-state index < -0.39 is 11.7 Å². The van der Waals surface area contributed by atoms with Gasteiger partial charge >= 0.3 is 0 Å². The van der Waals surface area contributed by atoms with Crippen molar-refractivity contribution < 1.29 is 19.7 Å². The summed E-state index contributed by atoms with van der Waals surface area (Å²) in [6.07, 6.45) is 12.9. The van der Waals surface area contributed by atoms with Gasteiger partial charge in [0.1, 0.15) is 5.78 Å². The molecule has 3 saturated carbocycles. The van der Waals surface area contributed by atoms with Gasteiger partial charge in [-0.3, -0.25) is 4.79 Å². The van der Waals surface area contributed by atoms with E-state index in [1.54, 1.807) is 0 Å². The Morgan fingerprint density at radius 1 is 1.29 bits per heavy atom. The maximum Gasteiger partial charge on any atom is 0.140 e. The third-order valence-electron chi connectivity index (χ3n) is 8.50. The molecule has 0 aliphatic heterocycles. The number of fused-ring (bicyclic) bond motifs is 1. The Kier molecular flexibility index (Phi) is 10.0. The van der Waals surface area contributed by atoms with Gasteiger partial charge in [-0.2, -0.15) is 0 Å². The first-order chi connectivity index (χ1) is 16.1. The number of hydrogen-bond acceptors (Lipinski definition) is 4. The molecule has 0 spiro atoms. The summed E-state index contributed by atoms with van der Waals surface area (Å²) in [5.41, 5.74) is 2.69. The Bertz CT molecular complexity index is 792. The number of carbonyl (C=O) groups is 1. The zero-order valence-electron chi connectivity index (χ0n) is 21.5. The van der Waals surface area contributed by atoms with Crippen molar-refractivity contribution in [2.24, 2.45) is 23.2 Å². The molecule has 3 unspecified atom stereocenters. The SMILES string of the molecule is C=C1/C(=C\C=C2/CCC[C@@]3(COCCCCC(C)(C)O)C2CC[C@@H]3C(C)CI)CC(=O)CC1O. The number of rotatable bonds is 10. The average molecular weight is 585 g/mol. The number of unbranched alkanes of at least 4 members (excludes halogenated alkanes) is 1. The van der Waals surface area contributed by atoms with E-state index in [-0.39, 0.29) is 17.6 Å². The number of aliphatic hydroxyl groups is 2. The first-order valence-corrected chi connectivity index (χ1v) is 14.7. The van der Waals surface area contributed by atoms with Gasteiger partial charge in [-0.05, 0) is 94.1 Å². The van der Waals surface area contributed by atoms with Crippen LogP contribution in [0.25, 0.3) is 0 Å². The fourth-order valence-electron chi connectivity index (χ4n) is 6.68. The molecule has 0 aromatic heterocycles. The normalized spacial score (nSPS) is 33.5. The molecule has 0 heterocycles. The zero-order valence-corrected chi connectivity index (χ0v) is 23.6. The molecule has 3 aliphatic carbocycles. The average Bonchev–Trinajstić information content (AvgIpc) is 3.16. The number of Topliss-reactive ketones (excluding diaryl/α,β-unsaturated/α-hetero) is 1. The summed E-state index contributed by atoms with van der Waals surface area (Å²) in [6.45, 7) is 11.8. The van der Waals surface area contributed by atoms with E-state index in [0.717, 1.165) is 44.5 Å². The molecule has 2 N–H and O–H groups in total. The van der Waals surface area contributed by atoms with E-state index in [1.165, 1.54) is 35.7 Å². The van der Waals surface area contributed by atoms with Gasteiger partial charge in [0.25, 0.3) is 0 Å². The lowest BCUT2D eigenvalue weighted by molar-refractivity contribution is -0.120. The predicted molar refractivity (Wildman–Crippen MR) is 147 cm³/mol. The molecule has 3 aliphatic rings. The molecule has 4 nitrogen and oxygen atoms in total. The van der Waals surface area contributed by atoms with Crippen LogP contribution in [0.2, 0.25) is 0 Å². The van der Waals surface area contributed by atoms with Gasteiger partial charge < -0.3 is 14.9 Å². The number of allylic oxidation sites excluding steroid dienone is 3. The topological polar surface area (TPSA) is 66.8 Å². The van der Waals surface area contributed by atoms with Crippen LogP contribution in [0.15, 0.2) is 35.5 Å². The monoisotopic (exact) mass is 584 g/mol. The Balaban J connectivity index is 1.74. The molecule has 3 fully saturated rings. The third kappa shape index (κ3) is 6.83. The fraction of sp³-hybridized carbons (Fsp3) is 0.759. The smallest absolute Gasteiger partial charge is 0.140 e. The van der Waals surface area contributed by atoms with Gasteiger partial charge in [0, 0.05) is 29.3 Å². The van der Waals surface area contributed by atoms with Crippen LogP contribution in [0.4, 0.5) is 0 Å². The molecule has 192 valence electrons. The molecule has 0 bridgehead atoms. The van der Waals surface area contributed by atoms with Gasteiger partial charge in [0.05, 0.1) is 18.3 Å². The third-order valence-corrected chi connectivity index (χ3v) is 9.89. The lowest BCUT2D eigenvalue weighted by atomic mass is 9.60. The molecule has 5 heteroatoms. The van der Waals surface area contributed by atoms with Crippen molar-refractivity contribution in [1.29, 1.82) is 0 Å². The number of alkyl halides is 1. The molecule has 0 aromatic rings. The molecule has 0 aromatic carbocycles. The summed E-state index contributed by atoms with van der Waals surface area (Å²) in [4.78, 5) is 12.0. The second-order valence-electron chi connectivity index (χ2n) is 11.7. The van der Waals surface area contributed by atoms with E-state index >= 15 is 0 Å². The van der Waals surface area contributed by atoms with Crippen molar-refractivity contribution >= 4 is 28.4 Å². The maximum atomic E-state index is 12.0. The van der Waals surface area contributed by atoms with Crippen LogP contribution in [0.5, 0.6) is 0 Å². The van der Waals surface area contributed by atoms with Crippen molar-refractivity contribution in [2.45, 2.75) is 96.7 Å². The number of ketones is 1. The molecular weight excluding hydrogens is 539 g/mol. The molecule has 34 heavy (non-hydrogen) atoms. The molecule has 0 amide bonds. The summed E-state index contributed by atoms with van der Waals surface area (Å²) in [6, 6.07) is 0. The first-order valence-electron chi connectivity index (χ1n) is 13.2. The van der Waals surface area contributed by atoms with Gasteiger partial charge in [-0.25, -0.2) is 0 Å². The van der Waals surface area contributed by atoms with E-state index in [9.17, 15) is 15.0 Å². The van der Waals surface area contributed by atoms with Crippen LogP contribution in [0.3, 0.4) is 0 Å². The second-order valence-corrected chi connectivity index (χ2v) is 12.6. The van der Waals surface area contributed by atoms with Crippen LogP contribution in [0, 0.1) is 23.2 Å². The first kappa shape index (κ1) is 28.1. The van der Waals surface area contributed by atoms with Crippen LogP contribution >= 0.6 is 22.6 Å². The molecule has 5 atom stereocenters. The van der Waals surface area contributed by atoms with Gasteiger partial charge in [0.2, 0.25) is 0 Å². The van der Waals surface area contributed by atoms with Crippen molar-refractivity contribution in [3.8, 4) is 0 Å². The van der Waals surface area contributed by atoms with E-state index in [1.807, 2.05) is 13.8 Å². The molecule has 0 saturated heterocycles. The van der Waals surface area contributed by atoms with Gasteiger partial charge in [-0.15, -0.1) is 0 Å². The minimum atomic E-state index is -0.735. The molecule has 0 radical (unpaired) electrons. The minimum Gasteiger partial charge on any atom is -0.390 e. The Morgan fingerprint density at radius 2 is 2.06 bits per heavy atom. The highest BCUT2D eigenvalue weighted by atomic mass is 127. The number of halogens is 1. The summed E-state index contributed by atoms with van der Waals surface area (Å²) < 4.78 is 7.56. The Labute approximate surface area is 220 Å². The highest BCUT2D eigenvalue weighted by molar-refractivity contribution is 14.1. The van der Waals surface area contributed by atoms with Crippen molar-refractivity contribution in [1.82, 2.24) is 0 Å². The molecule has 3 rings (SSSR count). The second kappa shape index (κ2) is 12.2. The fourth-order valence-corrected chi connectivity index (χ4v) is 7.29. The quantitative estimate of drug-likeness (QED) is 0.179. The van der Waals surface area contributed by atoms with Crippen molar-refractivity contribution in [2.75, 3.05) is 17.6 Å². The largest absolute Gasteiger partial charge is 0.390 e. The van der Waals surface area contributed by atoms with E-state index in [4.69, 9.17) is 4.74 Å². The number of carbonyl (C=O) groups excluding carboxylic acids is 1. The summed E-state index contributed by atoms with van der Waals surface area (Å²) in [5.74, 6) is 1.97. The number of hydrogen-bond donors (Lipinski definition) is 2. The van der Waals surface area contributed by atoms with Crippen molar-refractivity contribution in [3.05, 3.63) is 35.5 Å². The standard InChI is InChI=1S/C29H45IO4/c1-20(18-30)25-11-12-26-22(9-10-23-16-24(31)17-27(32)21(23)2)8-7-14-29(25,26)19-34-15-6-5-13-28(3,4)33/h9-10,20,25-27,32-33H,2,5-8,11-19H2,1,3-4H3/b22-9+,23-10-/t20?,25-,26?,27?,29+/m1/s1. The highest BCUT2D eigenvalue weighted by Crippen LogP contribution is 2.60. The summed E-state index contributed by atoms with van der Waals surface area (Å²) >= 11 is 2.54. The Hall–Kier alpha value is -0.500. The zero-order chi connectivity index (χ0) is 24.9. The van der Waals surface area contributed by atoms with Gasteiger partial charge in [0.15, 0.2) is 0 Å². The van der Waals surface area contributed by atoms with E-state index in [0.29, 0.717) is 29.7 Å². The number of aliphatic hydroxyl groups excluding tert-OH is 1. The predicted octanol–water partition coefficient (Wildman–Crippen LogP) is 6.34. The van der Waals surface area contributed by atoms with Crippen LogP contribution < -0.4 is 0 Å². The summed E-state index contributed by atoms with van der Waals surface area (Å²) in [7, 11) is 0. The van der Waals surface area contributed by atoms with Crippen LogP contribution in [0.1, 0.15) is 85.0 Å².